The molecule has 1 saturated heterocycles. The van der Waals surface area contributed by atoms with Crippen molar-refractivity contribution in [1.82, 2.24) is 25.3 Å². The summed E-state index contributed by atoms with van der Waals surface area (Å²) in [5.74, 6) is -0.678. The molecule has 7 nitrogen and oxygen atoms in total. The molecular formula is C20H24F3N5O2. The highest BCUT2D eigenvalue weighted by atomic mass is 19.4. The van der Waals surface area contributed by atoms with E-state index in [1.165, 1.54) is 18.2 Å². The van der Waals surface area contributed by atoms with Crippen LogP contribution in [0.2, 0.25) is 0 Å². The second kappa shape index (κ2) is 9.29. The zero-order chi connectivity index (χ0) is 21.7. The smallest absolute Gasteiger partial charge is 0.356 e. The number of carbonyl (C=O) groups is 2. The number of amides is 2. The second-order valence-corrected chi connectivity index (χ2v) is 7.26. The molecule has 1 unspecified atom stereocenters. The third-order valence-electron chi connectivity index (χ3n) is 5.01. The zero-order valence-electron chi connectivity index (χ0n) is 16.6. The Morgan fingerprint density at radius 1 is 1.33 bits per heavy atom. The summed E-state index contributed by atoms with van der Waals surface area (Å²) in [6.45, 7) is 1.02. The van der Waals surface area contributed by atoms with Crippen LogP contribution in [0.15, 0.2) is 36.7 Å². The van der Waals surface area contributed by atoms with Gasteiger partial charge in [0, 0.05) is 39.4 Å². The molecule has 1 atom stereocenters. The van der Waals surface area contributed by atoms with Crippen LogP contribution in [-0.4, -0.2) is 52.2 Å². The summed E-state index contributed by atoms with van der Waals surface area (Å²) in [6.07, 6.45) is -0.443. The lowest BCUT2D eigenvalue weighted by Crippen LogP contribution is -2.56. The Morgan fingerprint density at radius 2 is 2.10 bits per heavy atom. The SMILES string of the molecule is Cn1cc(CCNC(=O)CC2C(=O)NCCN2Cc2ccccc2C(F)(F)F)cn1. The molecule has 162 valence electrons. The van der Waals surface area contributed by atoms with Crippen LogP contribution in [0.5, 0.6) is 0 Å². The van der Waals surface area contributed by atoms with Gasteiger partial charge in [-0.1, -0.05) is 18.2 Å². The highest BCUT2D eigenvalue weighted by molar-refractivity contribution is 5.88. The lowest BCUT2D eigenvalue weighted by molar-refractivity contribution is -0.139. The van der Waals surface area contributed by atoms with E-state index in [0.29, 0.717) is 26.1 Å². The molecule has 2 amide bonds. The van der Waals surface area contributed by atoms with E-state index in [9.17, 15) is 22.8 Å². The minimum absolute atomic E-state index is 0.0588. The first-order valence-corrected chi connectivity index (χ1v) is 9.65. The number of hydrogen-bond donors (Lipinski definition) is 2. The number of hydrogen-bond acceptors (Lipinski definition) is 4. The van der Waals surface area contributed by atoms with Crippen LogP contribution in [0, 0.1) is 0 Å². The third-order valence-corrected chi connectivity index (χ3v) is 5.01. The summed E-state index contributed by atoms with van der Waals surface area (Å²) >= 11 is 0. The quantitative estimate of drug-likeness (QED) is 0.707. The van der Waals surface area contributed by atoms with E-state index < -0.39 is 17.8 Å². The molecule has 0 aliphatic carbocycles. The highest BCUT2D eigenvalue weighted by Crippen LogP contribution is 2.32. The number of halogens is 3. The van der Waals surface area contributed by atoms with Gasteiger partial charge in [-0.2, -0.15) is 18.3 Å². The molecule has 30 heavy (non-hydrogen) atoms. The molecular weight excluding hydrogens is 399 g/mol. The number of nitrogens with one attached hydrogen (secondary N) is 2. The maximum Gasteiger partial charge on any atom is 0.416 e. The zero-order valence-corrected chi connectivity index (χ0v) is 16.6. The van der Waals surface area contributed by atoms with Gasteiger partial charge in [-0.25, -0.2) is 0 Å². The predicted octanol–water partition coefficient (Wildman–Crippen LogP) is 1.49. The number of nitrogens with zero attached hydrogens (tertiary/aromatic N) is 3. The largest absolute Gasteiger partial charge is 0.416 e. The van der Waals surface area contributed by atoms with Crippen LogP contribution in [0.25, 0.3) is 0 Å². The molecule has 1 aromatic carbocycles. The van der Waals surface area contributed by atoms with Gasteiger partial charge < -0.3 is 10.6 Å². The monoisotopic (exact) mass is 423 g/mol. The van der Waals surface area contributed by atoms with Gasteiger partial charge in [-0.3, -0.25) is 19.2 Å². The van der Waals surface area contributed by atoms with Gasteiger partial charge in [-0.15, -0.1) is 0 Å². The van der Waals surface area contributed by atoms with Crippen molar-refractivity contribution in [3.05, 3.63) is 53.3 Å². The molecule has 1 aliphatic heterocycles. The van der Waals surface area contributed by atoms with Gasteiger partial charge in [-0.05, 0) is 23.6 Å². The molecule has 0 spiro atoms. The van der Waals surface area contributed by atoms with Crippen molar-refractivity contribution in [2.24, 2.45) is 7.05 Å². The van der Waals surface area contributed by atoms with E-state index in [1.54, 1.807) is 22.8 Å². The van der Waals surface area contributed by atoms with Crippen molar-refractivity contribution >= 4 is 11.8 Å². The molecule has 3 rings (SSSR count). The van der Waals surface area contributed by atoms with Crippen molar-refractivity contribution in [3.8, 4) is 0 Å². The number of benzene rings is 1. The molecule has 0 saturated carbocycles. The van der Waals surface area contributed by atoms with Crippen molar-refractivity contribution in [2.75, 3.05) is 19.6 Å². The van der Waals surface area contributed by atoms with E-state index in [2.05, 4.69) is 15.7 Å². The number of carbonyl (C=O) groups excluding carboxylic acids is 2. The van der Waals surface area contributed by atoms with Crippen LogP contribution >= 0.6 is 0 Å². The topological polar surface area (TPSA) is 79.3 Å². The van der Waals surface area contributed by atoms with E-state index in [-0.39, 0.29) is 30.3 Å². The van der Waals surface area contributed by atoms with Crippen molar-refractivity contribution in [3.63, 3.8) is 0 Å². The van der Waals surface area contributed by atoms with Crippen LogP contribution in [0.4, 0.5) is 13.2 Å². The van der Waals surface area contributed by atoms with Crippen molar-refractivity contribution in [1.29, 1.82) is 0 Å². The summed E-state index contributed by atoms with van der Waals surface area (Å²) in [5, 5.41) is 9.51. The molecule has 0 radical (unpaired) electrons. The summed E-state index contributed by atoms with van der Waals surface area (Å²) < 4.78 is 41.6. The van der Waals surface area contributed by atoms with Crippen LogP contribution in [0.3, 0.4) is 0 Å². The van der Waals surface area contributed by atoms with E-state index in [1.807, 2.05) is 6.20 Å². The normalized spacial score (nSPS) is 17.6. The molecule has 2 aromatic rings. The van der Waals surface area contributed by atoms with E-state index in [4.69, 9.17) is 0 Å². The Morgan fingerprint density at radius 3 is 2.80 bits per heavy atom. The Hall–Kier alpha value is -2.88. The number of aromatic nitrogens is 2. The number of alkyl halides is 3. The van der Waals surface area contributed by atoms with Gasteiger partial charge in [0.25, 0.3) is 0 Å². The third kappa shape index (κ3) is 5.59. The summed E-state index contributed by atoms with van der Waals surface area (Å²) in [6, 6.07) is 4.48. The van der Waals surface area contributed by atoms with E-state index in [0.717, 1.165) is 11.6 Å². The van der Waals surface area contributed by atoms with Crippen LogP contribution in [0.1, 0.15) is 23.1 Å². The standard InChI is InChI=1S/C20H24F3N5O2/c1-27-12-14(11-26-27)6-7-24-18(29)10-17-19(30)25-8-9-28(17)13-15-4-2-3-5-16(15)20(21,22)23/h2-5,11-12,17H,6-10,13H2,1H3,(H,24,29)(H,25,30). The molecule has 2 N–H and O–H groups in total. The Balaban J connectivity index is 1.62. The Bertz CT molecular complexity index is 897. The minimum Gasteiger partial charge on any atom is -0.356 e. The fourth-order valence-electron chi connectivity index (χ4n) is 3.52. The van der Waals surface area contributed by atoms with Crippen molar-refractivity contribution < 1.29 is 22.8 Å². The van der Waals surface area contributed by atoms with Gasteiger partial charge in [0.2, 0.25) is 11.8 Å². The summed E-state index contributed by atoms with van der Waals surface area (Å²) in [7, 11) is 1.80. The van der Waals surface area contributed by atoms with Crippen molar-refractivity contribution in [2.45, 2.75) is 31.6 Å². The van der Waals surface area contributed by atoms with Gasteiger partial charge in [0.05, 0.1) is 24.2 Å². The predicted molar refractivity (Wildman–Crippen MR) is 103 cm³/mol. The van der Waals surface area contributed by atoms with Crippen LogP contribution < -0.4 is 10.6 Å². The fraction of sp³-hybridized carbons (Fsp3) is 0.450. The number of aryl methyl sites for hydroxylation is 1. The molecule has 10 heteroatoms. The lowest BCUT2D eigenvalue weighted by atomic mass is 10.0. The molecule has 1 fully saturated rings. The highest BCUT2D eigenvalue weighted by Gasteiger charge is 2.36. The average Bonchev–Trinajstić information content (AvgIpc) is 3.09. The average molecular weight is 423 g/mol. The second-order valence-electron chi connectivity index (χ2n) is 7.26. The molecule has 1 aromatic heterocycles. The number of rotatable bonds is 7. The fourth-order valence-corrected chi connectivity index (χ4v) is 3.52. The van der Waals surface area contributed by atoms with Gasteiger partial charge >= 0.3 is 6.18 Å². The first-order chi connectivity index (χ1) is 14.2. The Kier molecular flexibility index (Phi) is 6.76. The van der Waals surface area contributed by atoms with Crippen LogP contribution in [-0.2, 0) is 35.8 Å². The number of piperazine rings is 1. The van der Waals surface area contributed by atoms with E-state index >= 15 is 0 Å². The maximum atomic E-state index is 13.3. The maximum absolute atomic E-state index is 13.3. The molecule has 2 heterocycles. The Labute approximate surface area is 172 Å². The first kappa shape index (κ1) is 21.8. The molecule has 0 bridgehead atoms. The minimum atomic E-state index is -4.48. The van der Waals surface area contributed by atoms with Gasteiger partial charge in [0.1, 0.15) is 0 Å². The summed E-state index contributed by atoms with van der Waals surface area (Å²) in [4.78, 5) is 26.3. The first-order valence-electron chi connectivity index (χ1n) is 9.65. The summed E-state index contributed by atoms with van der Waals surface area (Å²) in [5.41, 5.74) is 0.330. The van der Waals surface area contributed by atoms with Gasteiger partial charge in [0.15, 0.2) is 0 Å². The lowest BCUT2D eigenvalue weighted by Gasteiger charge is -2.35. The molecule has 1 aliphatic rings.